The summed E-state index contributed by atoms with van der Waals surface area (Å²) in [4.78, 5) is 29.0. The summed E-state index contributed by atoms with van der Waals surface area (Å²) in [7, 11) is 1.50. The third-order valence-corrected chi connectivity index (χ3v) is 4.22. The van der Waals surface area contributed by atoms with E-state index < -0.39 is 18.0 Å². The lowest BCUT2D eigenvalue weighted by Crippen LogP contribution is -2.30. The fraction of sp³-hybridized carbons (Fsp3) is 0.150. The summed E-state index contributed by atoms with van der Waals surface area (Å²) >= 11 is 6.04. The number of rotatable bonds is 5. The molecule has 1 heterocycles. The van der Waals surface area contributed by atoms with Gasteiger partial charge in [-0.2, -0.15) is 0 Å². The highest BCUT2D eigenvalue weighted by Crippen LogP contribution is 2.27. The number of methoxy groups -OCH3 is 1. The van der Waals surface area contributed by atoms with E-state index in [2.05, 4.69) is 10.3 Å². The van der Waals surface area contributed by atoms with Crippen molar-refractivity contribution < 1.29 is 19.1 Å². The molecule has 138 valence electrons. The molecule has 0 bridgehead atoms. The van der Waals surface area contributed by atoms with Gasteiger partial charge in [0.15, 0.2) is 6.10 Å². The van der Waals surface area contributed by atoms with Crippen LogP contribution in [0.1, 0.15) is 17.3 Å². The normalized spacial score (nSPS) is 11.7. The molecular formula is C20H17ClN2O4. The number of pyridine rings is 1. The number of para-hydroxylation sites is 1. The summed E-state index contributed by atoms with van der Waals surface area (Å²) in [6.45, 7) is 1.50. The van der Waals surface area contributed by atoms with E-state index in [-0.39, 0.29) is 0 Å². The van der Waals surface area contributed by atoms with Gasteiger partial charge in [0, 0.05) is 17.3 Å². The van der Waals surface area contributed by atoms with E-state index in [1.54, 1.807) is 42.6 Å². The smallest absolute Gasteiger partial charge is 0.341 e. The molecule has 0 aliphatic heterocycles. The number of esters is 1. The van der Waals surface area contributed by atoms with E-state index in [9.17, 15) is 9.59 Å². The Bertz CT molecular complexity index is 1000. The van der Waals surface area contributed by atoms with Gasteiger partial charge in [-0.15, -0.1) is 0 Å². The number of benzene rings is 2. The fourth-order valence-corrected chi connectivity index (χ4v) is 2.79. The van der Waals surface area contributed by atoms with Crippen LogP contribution in [0.4, 0.5) is 5.69 Å². The highest BCUT2D eigenvalue weighted by atomic mass is 35.5. The monoisotopic (exact) mass is 384 g/mol. The maximum Gasteiger partial charge on any atom is 0.341 e. The van der Waals surface area contributed by atoms with Gasteiger partial charge in [0.2, 0.25) is 0 Å². The minimum Gasteiger partial charge on any atom is -0.495 e. The molecule has 7 heteroatoms. The molecule has 1 aromatic heterocycles. The third-order valence-electron chi connectivity index (χ3n) is 3.93. The average Bonchev–Trinajstić information content (AvgIpc) is 2.67. The van der Waals surface area contributed by atoms with Crippen LogP contribution in [-0.4, -0.2) is 30.1 Å². The second-order valence-corrected chi connectivity index (χ2v) is 6.17. The molecule has 1 atom stereocenters. The number of carbonyl (C=O) groups is 2. The van der Waals surface area contributed by atoms with Crippen LogP contribution in [0.2, 0.25) is 5.02 Å². The second kappa shape index (κ2) is 8.05. The molecule has 0 unspecified atom stereocenters. The molecule has 0 aliphatic rings. The number of aromatic nitrogens is 1. The molecule has 3 aromatic rings. The number of hydrogen-bond donors (Lipinski definition) is 1. The number of nitrogens with zero attached hydrogens (tertiary/aromatic N) is 1. The van der Waals surface area contributed by atoms with Crippen molar-refractivity contribution in [3.63, 3.8) is 0 Å². The lowest BCUT2D eigenvalue weighted by Gasteiger charge is -2.14. The number of amides is 1. The molecule has 0 saturated carbocycles. The number of fused-ring (bicyclic) bond motifs is 1. The second-order valence-electron chi connectivity index (χ2n) is 5.77. The molecule has 3 rings (SSSR count). The predicted octanol–water partition coefficient (Wildman–Crippen LogP) is 4.08. The predicted molar refractivity (Wildman–Crippen MR) is 103 cm³/mol. The SMILES string of the molecule is COc1ccc(NC(=O)[C@@H](C)OC(=O)c2cccc3cccnc23)cc1Cl. The van der Waals surface area contributed by atoms with Crippen molar-refractivity contribution in [2.75, 3.05) is 12.4 Å². The molecule has 0 fully saturated rings. The summed E-state index contributed by atoms with van der Waals surface area (Å²) < 4.78 is 10.4. The Morgan fingerprint density at radius 2 is 1.93 bits per heavy atom. The number of carbonyl (C=O) groups excluding carboxylic acids is 2. The summed E-state index contributed by atoms with van der Waals surface area (Å²) in [5.41, 5.74) is 1.31. The summed E-state index contributed by atoms with van der Waals surface area (Å²) in [5, 5.41) is 3.84. The number of halogens is 1. The van der Waals surface area contributed by atoms with E-state index >= 15 is 0 Å². The van der Waals surface area contributed by atoms with Gasteiger partial charge in [-0.1, -0.05) is 29.8 Å². The van der Waals surface area contributed by atoms with Gasteiger partial charge in [0.25, 0.3) is 5.91 Å². The first-order valence-electron chi connectivity index (χ1n) is 8.18. The number of hydrogen-bond acceptors (Lipinski definition) is 5. The first-order valence-corrected chi connectivity index (χ1v) is 8.56. The maximum absolute atomic E-state index is 12.5. The first-order chi connectivity index (χ1) is 13.0. The Balaban J connectivity index is 1.70. The van der Waals surface area contributed by atoms with Crippen LogP contribution >= 0.6 is 11.6 Å². The van der Waals surface area contributed by atoms with Crippen LogP contribution in [0, 0.1) is 0 Å². The van der Waals surface area contributed by atoms with Crippen LogP contribution in [0.5, 0.6) is 5.75 Å². The minimum atomic E-state index is -1.00. The molecule has 1 N–H and O–H groups in total. The Labute approximate surface area is 161 Å². The quantitative estimate of drug-likeness (QED) is 0.670. The van der Waals surface area contributed by atoms with Gasteiger partial charge in [-0.05, 0) is 37.3 Å². The van der Waals surface area contributed by atoms with Gasteiger partial charge in [-0.25, -0.2) is 4.79 Å². The van der Waals surface area contributed by atoms with Crippen molar-refractivity contribution in [1.29, 1.82) is 0 Å². The van der Waals surface area contributed by atoms with Crippen LogP contribution in [0.3, 0.4) is 0 Å². The number of anilines is 1. The van der Waals surface area contributed by atoms with E-state index in [0.717, 1.165) is 5.39 Å². The van der Waals surface area contributed by atoms with E-state index in [1.807, 2.05) is 12.1 Å². The first kappa shape index (κ1) is 18.7. The topological polar surface area (TPSA) is 77.5 Å². The van der Waals surface area contributed by atoms with Crippen molar-refractivity contribution in [3.05, 3.63) is 65.3 Å². The molecule has 2 aromatic carbocycles. The molecule has 0 radical (unpaired) electrons. The van der Waals surface area contributed by atoms with Crippen molar-refractivity contribution >= 4 is 40.1 Å². The number of nitrogens with one attached hydrogen (secondary N) is 1. The molecule has 0 spiro atoms. The van der Waals surface area contributed by atoms with Gasteiger partial charge in [-0.3, -0.25) is 9.78 Å². The van der Waals surface area contributed by atoms with Crippen LogP contribution in [0.25, 0.3) is 10.9 Å². The minimum absolute atomic E-state index is 0.306. The molecule has 27 heavy (non-hydrogen) atoms. The Morgan fingerprint density at radius 3 is 2.67 bits per heavy atom. The summed E-state index contributed by atoms with van der Waals surface area (Å²) in [6.07, 6.45) is 0.597. The Kier molecular flexibility index (Phi) is 5.57. The highest BCUT2D eigenvalue weighted by Gasteiger charge is 2.21. The van der Waals surface area contributed by atoms with Gasteiger partial charge in [0.05, 0.1) is 23.2 Å². The zero-order valence-electron chi connectivity index (χ0n) is 14.7. The van der Waals surface area contributed by atoms with Crippen molar-refractivity contribution in [3.8, 4) is 5.75 Å². The van der Waals surface area contributed by atoms with Gasteiger partial charge in [0.1, 0.15) is 5.75 Å². The van der Waals surface area contributed by atoms with Crippen molar-refractivity contribution in [2.45, 2.75) is 13.0 Å². The summed E-state index contributed by atoms with van der Waals surface area (Å²) in [6, 6.07) is 13.7. The Hall–Kier alpha value is -3.12. The van der Waals surface area contributed by atoms with Crippen LogP contribution in [0.15, 0.2) is 54.7 Å². The van der Waals surface area contributed by atoms with Crippen molar-refractivity contribution in [1.82, 2.24) is 4.98 Å². The van der Waals surface area contributed by atoms with E-state index in [4.69, 9.17) is 21.1 Å². The largest absolute Gasteiger partial charge is 0.495 e. The lowest BCUT2D eigenvalue weighted by atomic mass is 10.1. The van der Waals surface area contributed by atoms with Crippen molar-refractivity contribution in [2.24, 2.45) is 0 Å². The van der Waals surface area contributed by atoms with Crippen LogP contribution in [-0.2, 0) is 9.53 Å². The molecular weight excluding hydrogens is 368 g/mol. The molecule has 1 amide bonds. The fourth-order valence-electron chi connectivity index (χ4n) is 2.53. The summed E-state index contributed by atoms with van der Waals surface area (Å²) in [5.74, 6) is -0.593. The lowest BCUT2D eigenvalue weighted by molar-refractivity contribution is -0.123. The maximum atomic E-state index is 12.5. The number of ether oxygens (including phenoxy) is 2. The van der Waals surface area contributed by atoms with E-state index in [1.165, 1.54) is 14.0 Å². The third kappa shape index (κ3) is 4.17. The molecule has 0 saturated heterocycles. The standard InChI is InChI=1S/C20H17ClN2O4/c1-12(19(24)23-14-8-9-17(26-2)16(21)11-14)27-20(25)15-7-3-5-13-6-4-10-22-18(13)15/h3-12H,1-2H3,(H,23,24)/t12-/m1/s1. The average molecular weight is 385 g/mol. The zero-order valence-corrected chi connectivity index (χ0v) is 15.5. The van der Waals surface area contributed by atoms with Gasteiger partial charge < -0.3 is 14.8 Å². The van der Waals surface area contributed by atoms with Crippen LogP contribution < -0.4 is 10.1 Å². The highest BCUT2D eigenvalue weighted by molar-refractivity contribution is 6.32. The van der Waals surface area contributed by atoms with E-state index in [0.29, 0.717) is 27.5 Å². The zero-order chi connectivity index (χ0) is 19.4. The Morgan fingerprint density at radius 1 is 1.15 bits per heavy atom. The van der Waals surface area contributed by atoms with Gasteiger partial charge >= 0.3 is 5.97 Å². The molecule has 0 aliphatic carbocycles. The molecule has 6 nitrogen and oxygen atoms in total.